The molecule has 9 nitrogen and oxygen atoms in total. The molecule has 0 fully saturated rings. The second-order valence-corrected chi connectivity index (χ2v) is 15.2. The topological polar surface area (TPSA) is 125 Å². The van der Waals surface area contributed by atoms with Crippen LogP contribution in [0.2, 0.25) is 0 Å². The molecule has 3 aromatic rings. The van der Waals surface area contributed by atoms with Gasteiger partial charge in [0.1, 0.15) is 16.4 Å². The average molecular weight is 805 g/mol. The van der Waals surface area contributed by atoms with Gasteiger partial charge in [-0.2, -0.15) is 5.26 Å². The van der Waals surface area contributed by atoms with Gasteiger partial charge >= 0.3 is 0 Å². The average Bonchev–Trinajstić information content (AvgIpc) is 3.21. The Morgan fingerprint density at radius 1 is 0.636 bits per heavy atom. The maximum absolute atomic E-state index is 8.60. The van der Waals surface area contributed by atoms with Crippen LogP contribution in [0.15, 0.2) is 78.9 Å². The largest absolute Gasteiger partial charge is 0.497 e. The van der Waals surface area contributed by atoms with E-state index in [4.69, 9.17) is 50.7 Å². The van der Waals surface area contributed by atoms with Crippen LogP contribution in [0.1, 0.15) is 116 Å². The first kappa shape index (κ1) is 52.2. The molecule has 3 rings (SSSR count). The minimum absolute atomic E-state index is 0.195. The number of ether oxygens (including phenoxy) is 2. The third-order valence-electron chi connectivity index (χ3n) is 8.09. The van der Waals surface area contributed by atoms with Gasteiger partial charge in [-0.15, -0.1) is 11.6 Å². The van der Waals surface area contributed by atoms with Crippen molar-refractivity contribution in [1.82, 2.24) is 4.67 Å². The third kappa shape index (κ3) is 21.4. The Morgan fingerprint density at radius 3 is 1.40 bits per heavy atom. The number of alkyl halides is 1. The van der Waals surface area contributed by atoms with Gasteiger partial charge in [0, 0.05) is 31.9 Å². The van der Waals surface area contributed by atoms with Crippen LogP contribution in [-0.4, -0.2) is 79.3 Å². The fraction of sp³-hybridized carbons (Fsp3) is 0.568. The van der Waals surface area contributed by atoms with Crippen LogP contribution in [0.3, 0.4) is 0 Å². The van der Waals surface area contributed by atoms with Crippen molar-refractivity contribution in [2.24, 2.45) is 0 Å². The molecule has 0 aliphatic carbocycles. The summed E-state index contributed by atoms with van der Waals surface area (Å²) in [5.74, 6) is 1.61. The summed E-state index contributed by atoms with van der Waals surface area (Å²) in [4.78, 5) is -0.778. The number of rotatable bonds is 22. The molecule has 0 aliphatic heterocycles. The molecule has 0 aromatic heterocycles. The number of benzene rings is 3. The second kappa shape index (κ2) is 33.4. The van der Waals surface area contributed by atoms with Crippen molar-refractivity contribution in [3.63, 3.8) is 0 Å². The summed E-state index contributed by atoms with van der Waals surface area (Å²) in [7, 11) is 2.26. The van der Waals surface area contributed by atoms with E-state index in [-0.39, 0.29) is 13.2 Å². The molecule has 11 heteroatoms. The fourth-order valence-corrected chi connectivity index (χ4v) is 7.21. The van der Waals surface area contributed by atoms with Crippen LogP contribution in [0.5, 0.6) is 11.5 Å². The molecule has 3 aromatic carbocycles. The third-order valence-corrected chi connectivity index (χ3v) is 10.8. The quantitative estimate of drug-likeness (QED) is 0.0394. The van der Waals surface area contributed by atoms with Gasteiger partial charge in [-0.05, 0) is 94.3 Å². The van der Waals surface area contributed by atoms with E-state index in [2.05, 4.69) is 52.3 Å². The molecule has 0 bridgehead atoms. The smallest absolute Gasteiger partial charge is 0.259 e. The number of nitriles is 1. The van der Waals surface area contributed by atoms with Crippen molar-refractivity contribution in [1.29, 1.82) is 5.26 Å². The van der Waals surface area contributed by atoms with Crippen LogP contribution in [0, 0.1) is 11.3 Å². The van der Waals surface area contributed by atoms with E-state index in [1.165, 1.54) is 19.3 Å². The van der Waals surface area contributed by atoms with E-state index in [0.717, 1.165) is 66.9 Å². The minimum Gasteiger partial charge on any atom is -0.497 e. The number of halogens is 1. The number of nitrogens with zero attached hydrogens (tertiary/aromatic N) is 2. The van der Waals surface area contributed by atoms with E-state index in [1.54, 1.807) is 14.2 Å². The molecule has 1 unspecified atom stereocenters. The highest BCUT2D eigenvalue weighted by atomic mass is 35.5. The molecule has 3 N–H and O–H groups in total. The first-order valence-corrected chi connectivity index (χ1v) is 21.1. The van der Waals surface area contributed by atoms with Gasteiger partial charge in [-0.3, -0.25) is 0 Å². The summed E-state index contributed by atoms with van der Waals surface area (Å²) in [5.41, 5.74) is 2.99. The summed E-state index contributed by atoms with van der Waals surface area (Å²) in [6.45, 7) is 14.8. The summed E-state index contributed by atoms with van der Waals surface area (Å²) in [5, 5.41) is 33.0. The highest BCUT2D eigenvalue weighted by molar-refractivity contribution is 7.44. The molecule has 0 saturated heterocycles. The predicted molar refractivity (Wildman–Crippen MR) is 229 cm³/mol. The van der Waals surface area contributed by atoms with Crippen molar-refractivity contribution >= 4 is 20.1 Å². The molecule has 310 valence electrons. The maximum Gasteiger partial charge on any atom is 0.259 e. The SMILES string of the molecule is CCCCCO.CCCCCOP(OCCC#N)N(C(C)C)C(C)C.COc1ccc(C(Cl)(c2ccccc2)c2ccc(OC)cc2)cc1.OCCCCO. The van der Waals surface area contributed by atoms with Gasteiger partial charge in [0.05, 0.1) is 39.9 Å². The van der Waals surface area contributed by atoms with E-state index >= 15 is 0 Å². The number of unbranched alkanes of at least 4 members (excludes halogenated alkanes) is 5. The van der Waals surface area contributed by atoms with E-state index < -0.39 is 13.4 Å². The molecule has 1 atom stereocenters. The van der Waals surface area contributed by atoms with Crippen molar-refractivity contribution in [2.75, 3.05) is 47.3 Å². The Kier molecular flexibility index (Phi) is 31.7. The first-order valence-electron chi connectivity index (χ1n) is 19.6. The second-order valence-electron chi connectivity index (χ2n) is 13.2. The lowest BCUT2D eigenvalue weighted by atomic mass is 9.84. The highest BCUT2D eigenvalue weighted by Gasteiger charge is 2.34. The normalized spacial score (nSPS) is 11.4. The van der Waals surface area contributed by atoms with Gasteiger partial charge < -0.3 is 33.8 Å². The monoisotopic (exact) mass is 804 g/mol. The number of aliphatic hydroxyl groups is 3. The molecule has 0 saturated carbocycles. The van der Waals surface area contributed by atoms with Crippen LogP contribution in [-0.2, 0) is 13.9 Å². The van der Waals surface area contributed by atoms with Gasteiger partial charge in [0.25, 0.3) is 8.53 Å². The molecule has 0 amide bonds. The molecular weight excluding hydrogens is 735 g/mol. The van der Waals surface area contributed by atoms with Crippen LogP contribution in [0.25, 0.3) is 0 Å². The van der Waals surface area contributed by atoms with Crippen LogP contribution < -0.4 is 9.47 Å². The molecule has 0 radical (unpaired) electrons. The first-order chi connectivity index (χ1) is 26.5. The molecule has 0 aliphatic rings. The van der Waals surface area contributed by atoms with Crippen molar-refractivity contribution < 1.29 is 33.8 Å². The van der Waals surface area contributed by atoms with E-state index in [1.807, 2.05) is 78.9 Å². The Hall–Kier alpha value is -2.77. The fourth-order valence-electron chi connectivity index (χ4n) is 5.20. The zero-order valence-corrected chi connectivity index (χ0v) is 36.4. The maximum atomic E-state index is 8.60. The van der Waals surface area contributed by atoms with Crippen molar-refractivity contribution in [3.05, 3.63) is 95.6 Å². The van der Waals surface area contributed by atoms with Gasteiger partial charge in [0.15, 0.2) is 0 Å². The van der Waals surface area contributed by atoms with Gasteiger partial charge in [-0.25, -0.2) is 4.67 Å². The van der Waals surface area contributed by atoms with E-state index in [0.29, 0.717) is 31.7 Å². The minimum atomic E-state index is -1.05. The Labute approximate surface area is 339 Å². The molecule has 0 spiro atoms. The van der Waals surface area contributed by atoms with Gasteiger partial charge in [-0.1, -0.05) is 94.1 Å². The number of methoxy groups -OCH3 is 2. The summed E-state index contributed by atoms with van der Waals surface area (Å²) in [6.07, 6.45) is 8.63. The summed E-state index contributed by atoms with van der Waals surface area (Å²) >= 11 is 7.22. The number of aliphatic hydroxyl groups excluding tert-OH is 3. The summed E-state index contributed by atoms with van der Waals surface area (Å²) < 4.78 is 24.5. The van der Waals surface area contributed by atoms with Crippen LogP contribution >= 0.6 is 20.1 Å². The van der Waals surface area contributed by atoms with E-state index in [9.17, 15) is 0 Å². The lowest BCUT2D eigenvalue weighted by Crippen LogP contribution is -2.33. The molecular formula is C44H70ClN2O7P. The Morgan fingerprint density at radius 2 is 1.04 bits per heavy atom. The number of hydrogen-bond donors (Lipinski definition) is 3. The van der Waals surface area contributed by atoms with Crippen molar-refractivity contribution in [3.8, 4) is 17.6 Å². The lowest BCUT2D eigenvalue weighted by Gasteiger charge is -2.35. The summed E-state index contributed by atoms with van der Waals surface area (Å²) in [6, 6.07) is 28.7. The van der Waals surface area contributed by atoms with Crippen LogP contribution in [0.4, 0.5) is 0 Å². The molecule has 0 heterocycles. The Balaban J connectivity index is 0.000000833. The van der Waals surface area contributed by atoms with Gasteiger partial charge in [0.2, 0.25) is 0 Å². The Bertz CT molecular complexity index is 1270. The zero-order chi connectivity index (χ0) is 41.3. The number of hydrogen-bond acceptors (Lipinski definition) is 9. The van der Waals surface area contributed by atoms with Crippen molar-refractivity contribution in [2.45, 2.75) is 116 Å². The lowest BCUT2D eigenvalue weighted by molar-refractivity contribution is 0.174. The standard InChI is InChI=1S/C21H19ClO2.C14H29N2O2P.C5H12O.C4H10O2/c1-23-19-12-8-17(9-13-19)21(22,16-6-4-3-5-7-16)18-10-14-20(24-2)15-11-18;1-6-7-8-11-17-19(18-12-9-10-15)16(13(2)3)14(4)5;1-2-3-4-5-6;5-3-1-2-4-6/h3-15H,1-2H3;13-14H,6-9,11-12H2,1-5H3;6H,2-5H2,1H3;5-6H,1-4H2. The predicted octanol–water partition coefficient (Wildman–Crippen LogP) is 10.6. The zero-order valence-electron chi connectivity index (χ0n) is 34.8. The highest BCUT2D eigenvalue weighted by Crippen LogP contribution is 2.46. The molecule has 55 heavy (non-hydrogen) atoms.